The number of aliphatic hydroxyl groups is 4. The third kappa shape index (κ3) is 2.33. The van der Waals surface area contributed by atoms with Gasteiger partial charge in [-0.05, 0) is 43.9 Å². The van der Waals surface area contributed by atoms with Gasteiger partial charge in [0.1, 0.15) is 0 Å². The summed E-state index contributed by atoms with van der Waals surface area (Å²) in [5.74, 6) is -0.435. The first-order chi connectivity index (χ1) is 8.59. The molecule has 0 saturated heterocycles. The van der Waals surface area contributed by atoms with Crippen molar-refractivity contribution in [3.63, 3.8) is 0 Å². The third-order valence-electron chi connectivity index (χ3n) is 5.84. The van der Waals surface area contributed by atoms with Crippen molar-refractivity contribution in [3.05, 3.63) is 0 Å². The molecule has 0 bridgehead atoms. The van der Waals surface area contributed by atoms with E-state index in [-0.39, 0.29) is 23.2 Å². The molecule has 0 amide bonds. The predicted octanol–water partition coefficient (Wildman–Crippen LogP) is 0.912. The molecular weight excluding hydrogens is 244 g/mol. The lowest BCUT2D eigenvalue weighted by Crippen LogP contribution is -2.61. The molecular formula is C15H28O4. The van der Waals surface area contributed by atoms with Gasteiger partial charge in [-0.2, -0.15) is 0 Å². The molecule has 0 aromatic carbocycles. The molecule has 4 nitrogen and oxygen atoms in total. The summed E-state index contributed by atoms with van der Waals surface area (Å²) in [6.45, 7) is 7.40. The average Bonchev–Trinajstić information content (AvgIpc) is 2.25. The Bertz CT molecular complexity index is 338. The second-order valence-electron chi connectivity index (χ2n) is 7.50. The molecule has 2 rings (SSSR count). The van der Waals surface area contributed by atoms with Gasteiger partial charge in [-0.1, -0.05) is 13.8 Å². The zero-order valence-corrected chi connectivity index (χ0v) is 12.4. The normalized spacial score (nSPS) is 51.8. The fourth-order valence-electron chi connectivity index (χ4n) is 4.47. The van der Waals surface area contributed by atoms with Crippen LogP contribution in [0.1, 0.15) is 47.0 Å². The molecule has 19 heavy (non-hydrogen) atoms. The first-order valence-corrected chi connectivity index (χ1v) is 7.35. The van der Waals surface area contributed by atoms with Crippen LogP contribution in [0.15, 0.2) is 0 Å². The van der Waals surface area contributed by atoms with Crippen LogP contribution in [0.4, 0.5) is 0 Å². The summed E-state index contributed by atoms with van der Waals surface area (Å²) in [5, 5.41) is 41.3. The van der Waals surface area contributed by atoms with Crippen LogP contribution in [-0.4, -0.2) is 44.3 Å². The Morgan fingerprint density at radius 3 is 2.26 bits per heavy atom. The van der Waals surface area contributed by atoms with E-state index in [4.69, 9.17) is 0 Å². The van der Waals surface area contributed by atoms with Crippen molar-refractivity contribution in [2.75, 3.05) is 0 Å². The quantitative estimate of drug-likeness (QED) is 0.572. The van der Waals surface area contributed by atoms with Crippen molar-refractivity contribution < 1.29 is 20.4 Å². The summed E-state index contributed by atoms with van der Waals surface area (Å²) < 4.78 is 0. The molecule has 112 valence electrons. The lowest BCUT2D eigenvalue weighted by atomic mass is 9.51. The van der Waals surface area contributed by atoms with Gasteiger partial charge in [0.05, 0.1) is 23.9 Å². The average molecular weight is 272 g/mol. The minimum absolute atomic E-state index is 0.0615. The van der Waals surface area contributed by atoms with Gasteiger partial charge in [-0.25, -0.2) is 0 Å². The van der Waals surface area contributed by atoms with Crippen molar-refractivity contribution in [1.82, 2.24) is 0 Å². The maximum absolute atomic E-state index is 10.7. The highest BCUT2D eigenvalue weighted by Gasteiger charge is 2.57. The van der Waals surface area contributed by atoms with Crippen molar-refractivity contribution in [2.24, 2.45) is 23.2 Å². The Kier molecular flexibility index (Phi) is 3.76. The molecule has 4 heteroatoms. The van der Waals surface area contributed by atoms with Crippen molar-refractivity contribution in [2.45, 2.75) is 70.9 Å². The Balaban J connectivity index is 2.33. The minimum Gasteiger partial charge on any atom is -0.393 e. The zero-order chi connectivity index (χ0) is 14.6. The molecule has 0 aromatic rings. The highest BCUT2D eigenvalue weighted by Crippen LogP contribution is 2.55. The molecule has 2 aliphatic rings. The standard InChI is InChI=1S/C15H28O4/c1-8-10(16)7-11(17)15(4)6-5-9(14(2,3)19)13(18)12(8)15/h8-13,16-19H,5-7H2,1-4H3/t8-,9-,10-,11+,12+,13-,15-/m1/s1. The van der Waals surface area contributed by atoms with E-state index in [2.05, 4.69) is 0 Å². The summed E-state index contributed by atoms with van der Waals surface area (Å²) in [6, 6.07) is 0. The second kappa shape index (κ2) is 4.69. The smallest absolute Gasteiger partial charge is 0.0644 e. The summed E-state index contributed by atoms with van der Waals surface area (Å²) in [6.07, 6.45) is 0.0236. The molecule has 0 aliphatic heterocycles. The Morgan fingerprint density at radius 2 is 1.74 bits per heavy atom. The molecule has 0 radical (unpaired) electrons. The van der Waals surface area contributed by atoms with E-state index in [1.165, 1.54) is 0 Å². The van der Waals surface area contributed by atoms with Gasteiger partial charge in [-0.3, -0.25) is 0 Å². The number of hydrogen-bond acceptors (Lipinski definition) is 4. The topological polar surface area (TPSA) is 80.9 Å². The summed E-state index contributed by atoms with van der Waals surface area (Å²) in [4.78, 5) is 0. The largest absolute Gasteiger partial charge is 0.393 e. The Labute approximate surface area is 115 Å². The van der Waals surface area contributed by atoms with E-state index in [1.807, 2.05) is 13.8 Å². The minimum atomic E-state index is -0.937. The van der Waals surface area contributed by atoms with Crippen LogP contribution >= 0.6 is 0 Å². The van der Waals surface area contributed by atoms with E-state index in [9.17, 15) is 20.4 Å². The molecule has 0 spiro atoms. The lowest BCUT2D eigenvalue weighted by molar-refractivity contribution is -0.207. The number of rotatable bonds is 1. The third-order valence-corrected chi connectivity index (χ3v) is 5.84. The van der Waals surface area contributed by atoms with Crippen LogP contribution in [0.5, 0.6) is 0 Å². The lowest BCUT2D eigenvalue weighted by Gasteiger charge is -2.58. The number of hydrogen-bond donors (Lipinski definition) is 4. The van der Waals surface area contributed by atoms with Crippen molar-refractivity contribution in [3.8, 4) is 0 Å². The first-order valence-electron chi connectivity index (χ1n) is 7.35. The fraction of sp³-hybridized carbons (Fsp3) is 1.00. The predicted molar refractivity (Wildman–Crippen MR) is 72.4 cm³/mol. The summed E-state index contributed by atoms with van der Waals surface area (Å²) in [7, 11) is 0. The van der Waals surface area contributed by atoms with E-state index < -0.39 is 23.9 Å². The van der Waals surface area contributed by atoms with Gasteiger partial charge in [0, 0.05) is 12.3 Å². The number of fused-ring (bicyclic) bond motifs is 1. The highest BCUT2D eigenvalue weighted by molar-refractivity contribution is 5.07. The van der Waals surface area contributed by atoms with Gasteiger partial charge in [0.2, 0.25) is 0 Å². The Morgan fingerprint density at radius 1 is 1.16 bits per heavy atom. The van der Waals surface area contributed by atoms with Crippen molar-refractivity contribution in [1.29, 1.82) is 0 Å². The maximum atomic E-state index is 10.7. The maximum Gasteiger partial charge on any atom is 0.0644 e. The molecule has 2 saturated carbocycles. The van der Waals surface area contributed by atoms with E-state index in [1.54, 1.807) is 13.8 Å². The zero-order valence-electron chi connectivity index (χ0n) is 12.4. The SMILES string of the molecule is C[C@H]1[C@H]2[C@H](O)[C@H](C(C)(C)O)CC[C@]2(C)[C@@H](O)C[C@H]1O. The summed E-state index contributed by atoms with van der Waals surface area (Å²) in [5.41, 5.74) is -1.30. The fourth-order valence-corrected chi connectivity index (χ4v) is 4.47. The van der Waals surface area contributed by atoms with Gasteiger partial charge in [0.15, 0.2) is 0 Å². The van der Waals surface area contributed by atoms with Gasteiger partial charge >= 0.3 is 0 Å². The molecule has 2 aliphatic carbocycles. The van der Waals surface area contributed by atoms with Crippen LogP contribution in [0.25, 0.3) is 0 Å². The van der Waals surface area contributed by atoms with Crippen LogP contribution < -0.4 is 0 Å². The van der Waals surface area contributed by atoms with E-state index >= 15 is 0 Å². The molecule has 0 aromatic heterocycles. The van der Waals surface area contributed by atoms with Gasteiger partial charge in [0.25, 0.3) is 0 Å². The highest BCUT2D eigenvalue weighted by atomic mass is 16.3. The first kappa shape index (κ1) is 15.2. The Hall–Kier alpha value is -0.160. The monoisotopic (exact) mass is 272 g/mol. The van der Waals surface area contributed by atoms with Crippen LogP contribution in [-0.2, 0) is 0 Å². The molecule has 2 fully saturated rings. The molecule has 0 unspecified atom stereocenters. The van der Waals surface area contributed by atoms with Gasteiger partial charge in [-0.15, -0.1) is 0 Å². The van der Waals surface area contributed by atoms with E-state index in [0.717, 1.165) is 6.42 Å². The van der Waals surface area contributed by atoms with E-state index in [0.29, 0.717) is 12.8 Å². The molecule has 0 heterocycles. The second-order valence-corrected chi connectivity index (χ2v) is 7.50. The van der Waals surface area contributed by atoms with Crippen LogP contribution in [0.3, 0.4) is 0 Å². The van der Waals surface area contributed by atoms with Gasteiger partial charge < -0.3 is 20.4 Å². The molecule has 4 N–H and O–H groups in total. The van der Waals surface area contributed by atoms with Crippen molar-refractivity contribution >= 4 is 0 Å². The molecule has 7 atom stereocenters. The van der Waals surface area contributed by atoms with Crippen LogP contribution in [0.2, 0.25) is 0 Å². The van der Waals surface area contributed by atoms with Crippen LogP contribution in [0, 0.1) is 23.2 Å². The number of aliphatic hydroxyl groups excluding tert-OH is 3. The summed E-state index contributed by atoms with van der Waals surface area (Å²) >= 11 is 0.